The Morgan fingerprint density at radius 2 is 2.31 bits per heavy atom. The van der Waals surface area contributed by atoms with Gasteiger partial charge in [-0.15, -0.1) is 0 Å². The number of H-pyrrole nitrogens is 1. The normalized spacial score (nSPS) is 10.6. The van der Waals surface area contributed by atoms with E-state index >= 15 is 0 Å². The Labute approximate surface area is 79.7 Å². The Bertz CT molecular complexity index is 233. The smallest absolute Gasteiger partial charge is 0.254 e. The number of nitrogens with one attached hydrogen (secondary N) is 1. The molecule has 0 amide bonds. The molecule has 1 aromatic rings. The van der Waals surface area contributed by atoms with Crippen LogP contribution in [-0.4, -0.2) is 18.2 Å². The molecule has 1 rings (SSSR count). The van der Waals surface area contributed by atoms with Gasteiger partial charge in [-0.1, -0.05) is 6.92 Å². The molecule has 0 saturated heterocycles. The molecule has 0 spiro atoms. The van der Waals surface area contributed by atoms with Crippen molar-refractivity contribution in [2.45, 2.75) is 33.2 Å². The molecule has 3 heteroatoms. The molecule has 0 unspecified atom stereocenters. The molecule has 13 heavy (non-hydrogen) atoms. The minimum Gasteiger partial charge on any atom is -0.378 e. The molecule has 0 aliphatic carbocycles. The van der Waals surface area contributed by atoms with Crippen LogP contribution >= 0.6 is 0 Å². The van der Waals surface area contributed by atoms with Gasteiger partial charge in [0.25, 0.3) is 5.82 Å². The lowest BCUT2D eigenvalue weighted by atomic mass is 10.3. The Morgan fingerprint density at radius 1 is 1.46 bits per heavy atom. The summed E-state index contributed by atoms with van der Waals surface area (Å²) in [5.41, 5.74) is 0. The van der Waals surface area contributed by atoms with E-state index in [2.05, 4.69) is 22.7 Å². The van der Waals surface area contributed by atoms with E-state index in [4.69, 9.17) is 4.74 Å². The molecule has 0 radical (unpaired) electrons. The van der Waals surface area contributed by atoms with Crippen LogP contribution in [-0.2, 0) is 17.7 Å². The first-order chi connectivity index (χ1) is 6.38. The number of nitrogens with zero attached hydrogens (tertiary/aromatic N) is 1. The maximum Gasteiger partial charge on any atom is 0.254 e. The van der Waals surface area contributed by atoms with E-state index in [1.807, 2.05) is 13.1 Å². The van der Waals surface area contributed by atoms with Gasteiger partial charge >= 0.3 is 0 Å². The van der Waals surface area contributed by atoms with Crippen LogP contribution in [0.4, 0.5) is 0 Å². The highest BCUT2D eigenvalue weighted by Gasteiger charge is 2.07. The van der Waals surface area contributed by atoms with Crippen LogP contribution in [0.15, 0.2) is 12.4 Å². The summed E-state index contributed by atoms with van der Waals surface area (Å²) >= 11 is 0. The molecule has 0 aromatic carbocycles. The molecule has 0 fully saturated rings. The summed E-state index contributed by atoms with van der Waals surface area (Å²) in [7, 11) is 0. The predicted molar refractivity (Wildman–Crippen MR) is 51.5 cm³/mol. The first kappa shape index (κ1) is 10.3. The Hall–Kier alpha value is -0.830. The average Bonchev–Trinajstić information content (AvgIpc) is 2.54. The lowest BCUT2D eigenvalue weighted by Crippen LogP contribution is -2.38. The Balaban J connectivity index is 2.40. The van der Waals surface area contributed by atoms with Crippen LogP contribution < -0.4 is 4.57 Å². The number of aryl methyl sites for hydroxylation is 1. The van der Waals surface area contributed by atoms with Crippen LogP contribution in [0.3, 0.4) is 0 Å². The minimum atomic E-state index is 0.800. The highest BCUT2D eigenvalue weighted by atomic mass is 16.5. The number of aromatic nitrogens is 2. The zero-order chi connectivity index (χ0) is 9.52. The van der Waals surface area contributed by atoms with E-state index in [0.717, 1.165) is 26.2 Å². The zero-order valence-electron chi connectivity index (χ0n) is 8.55. The van der Waals surface area contributed by atoms with Crippen molar-refractivity contribution >= 4 is 0 Å². The van der Waals surface area contributed by atoms with Crippen molar-refractivity contribution in [1.82, 2.24) is 4.98 Å². The standard InChI is InChI=1S/C10H18N2O/c1-3-5-10-11-6-7-12(10)8-9-13-4-2/h6-7H,3-5,8-9H2,1-2H3/p+1. The van der Waals surface area contributed by atoms with E-state index in [1.54, 1.807) is 0 Å². The quantitative estimate of drug-likeness (QED) is 0.522. The van der Waals surface area contributed by atoms with Gasteiger partial charge in [-0.2, -0.15) is 0 Å². The number of rotatable bonds is 6. The van der Waals surface area contributed by atoms with Crippen LogP contribution in [0.5, 0.6) is 0 Å². The molecule has 0 saturated carbocycles. The van der Waals surface area contributed by atoms with Crippen molar-refractivity contribution in [2.75, 3.05) is 13.2 Å². The van der Waals surface area contributed by atoms with E-state index in [0.29, 0.717) is 0 Å². The van der Waals surface area contributed by atoms with Gasteiger partial charge in [0.15, 0.2) is 0 Å². The van der Waals surface area contributed by atoms with Gasteiger partial charge in [0, 0.05) is 13.0 Å². The summed E-state index contributed by atoms with van der Waals surface area (Å²) < 4.78 is 7.53. The molecular weight excluding hydrogens is 164 g/mol. The summed E-state index contributed by atoms with van der Waals surface area (Å²) in [6, 6.07) is 0. The van der Waals surface area contributed by atoms with Crippen molar-refractivity contribution in [3.63, 3.8) is 0 Å². The lowest BCUT2D eigenvalue weighted by Gasteiger charge is -2.00. The van der Waals surface area contributed by atoms with Crippen molar-refractivity contribution in [1.29, 1.82) is 0 Å². The van der Waals surface area contributed by atoms with Crippen molar-refractivity contribution in [2.24, 2.45) is 0 Å². The molecule has 0 aliphatic heterocycles. The molecule has 74 valence electrons. The first-order valence-electron chi connectivity index (χ1n) is 5.02. The summed E-state index contributed by atoms with van der Waals surface area (Å²) in [6.45, 7) is 6.76. The molecular formula is C10H19N2O+. The third-order valence-electron chi connectivity index (χ3n) is 2.02. The summed E-state index contributed by atoms with van der Waals surface area (Å²) in [4.78, 5) is 3.24. The van der Waals surface area contributed by atoms with Gasteiger partial charge in [0.1, 0.15) is 18.9 Å². The molecule has 0 bridgehead atoms. The highest BCUT2D eigenvalue weighted by molar-refractivity contribution is 4.76. The van der Waals surface area contributed by atoms with Crippen LogP contribution in [0.2, 0.25) is 0 Å². The van der Waals surface area contributed by atoms with Crippen LogP contribution in [0.1, 0.15) is 26.1 Å². The van der Waals surface area contributed by atoms with Crippen molar-refractivity contribution in [3.8, 4) is 0 Å². The zero-order valence-corrected chi connectivity index (χ0v) is 8.55. The number of hydrogen-bond donors (Lipinski definition) is 1. The minimum absolute atomic E-state index is 0.800. The molecule has 0 aliphatic rings. The largest absolute Gasteiger partial charge is 0.378 e. The van der Waals surface area contributed by atoms with Gasteiger partial charge in [0.2, 0.25) is 0 Å². The topological polar surface area (TPSA) is 28.9 Å². The fourth-order valence-corrected chi connectivity index (χ4v) is 1.37. The molecule has 3 nitrogen and oxygen atoms in total. The van der Waals surface area contributed by atoms with E-state index in [9.17, 15) is 0 Å². The first-order valence-corrected chi connectivity index (χ1v) is 5.02. The summed E-state index contributed by atoms with van der Waals surface area (Å²) in [5.74, 6) is 1.29. The molecule has 1 N–H and O–H groups in total. The second-order valence-electron chi connectivity index (χ2n) is 3.05. The number of imidazole rings is 1. The molecule has 1 aromatic heterocycles. The van der Waals surface area contributed by atoms with Gasteiger partial charge in [-0.25, -0.2) is 9.55 Å². The Kier molecular flexibility index (Phi) is 4.54. The fraction of sp³-hybridized carbons (Fsp3) is 0.700. The summed E-state index contributed by atoms with van der Waals surface area (Å²) in [5, 5.41) is 0. The summed E-state index contributed by atoms with van der Waals surface area (Å²) in [6.07, 6.45) is 6.34. The van der Waals surface area contributed by atoms with Gasteiger partial charge in [0.05, 0.1) is 6.61 Å². The maximum atomic E-state index is 5.31. The predicted octanol–water partition coefficient (Wildman–Crippen LogP) is 1.29. The van der Waals surface area contributed by atoms with Crippen molar-refractivity contribution < 1.29 is 9.30 Å². The van der Waals surface area contributed by atoms with Gasteiger partial charge in [-0.3, -0.25) is 0 Å². The average molecular weight is 183 g/mol. The molecule has 0 atom stereocenters. The Morgan fingerprint density at radius 3 is 3.00 bits per heavy atom. The van der Waals surface area contributed by atoms with E-state index < -0.39 is 0 Å². The fourth-order valence-electron chi connectivity index (χ4n) is 1.37. The maximum absolute atomic E-state index is 5.31. The van der Waals surface area contributed by atoms with E-state index in [-0.39, 0.29) is 0 Å². The third kappa shape index (κ3) is 3.19. The second kappa shape index (κ2) is 5.75. The monoisotopic (exact) mass is 183 g/mol. The van der Waals surface area contributed by atoms with Gasteiger partial charge in [-0.05, 0) is 13.3 Å². The van der Waals surface area contributed by atoms with E-state index in [1.165, 1.54) is 12.2 Å². The second-order valence-corrected chi connectivity index (χ2v) is 3.05. The van der Waals surface area contributed by atoms with Gasteiger partial charge < -0.3 is 4.74 Å². The van der Waals surface area contributed by atoms with Crippen LogP contribution in [0.25, 0.3) is 0 Å². The number of aromatic amines is 1. The van der Waals surface area contributed by atoms with Crippen LogP contribution in [0, 0.1) is 0 Å². The number of hydrogen-bond acceptors (Lipinski definition) is 1. The number of ether oxygens (including phenoxy) is 1. The molecule has 1 heterocycles. The third-order valence-corrected chi connectivity index (χ3v) is 2.02. The highest BCUT2D eigenvalue weighted by Crippen LogP contribution is 1.92. The van der Waals surface area contributed by atoms with Crippen molar-refractivity contribution in [3.05, 3.63) is 18.2 Å². The SMILES string of the molecule is CCCc1[nH]cc[n+]1CCOCC. The lowest BCUT2D eigenvalue weighted by molar-refractivity contribution is -0.704.